The summed E-state index contributed by atoms with van der Waals surface area (Å²) < 4.78 is 0. The molecule has 1 rings (SSSR count). The molecule has 0 radical (unpaired) electrons. The van der Waals surface area contributed by atoms with Crippen LogP contribution < -0.4 is 0 Å². The lowest BCUT2D eigenvalue weighted by Crippen LogP contribution is -1.87. The molecule has 0 saturated carbocycles. The SMILES string of the molecule is CCCCCCCCCCCCCCCCc1ccc(CCl)cc1. The number of benzene rings is 1. The number of rotatable bonds is 16. The topological polar surface area (TPSA) is 0 Å². The predicted octanol–water partition coefficient (Wildman–Crippen LogP) is 8.45. The van der Waals surface area contributed by atoms with Gasteiger partial charge < -0.3 is 0 Å². The molecule has 0 aromatic heterocycles. The molecule has 0 amide bonds. The van der Waals surface area contributed by atoms with E-state index in [2.05, 4.69) is 31.2 Å². The molecule has 0 fully saturated rings. The van der Waals surface area contributed by atoms with Gasteiger partial charge in [-0.25, -0.2) is 0 Å². The number of hydrogen-bond donors (Lipinski definition) is 0. The summed E-state index contributed by atoms with van der Waals surface area (Å²) in [7, 11) is 0. The Hall–Kier alpha value is -0.490. The van der Waals surface area contributed by atoms with Crippen LogP contribution in [0.15, 0.2) is 24.3 Å². The average molecular weight is 351 g/mol. The summed E-state index contributed by atoms with van der Waals surface area (Å²) in [4.78, 5) is 0. The first-order valence-electron chi connectivity index (χ1n) is 10.5. The molecular formula is C23H39Cl. The van der Waals surface area contributed by atoms with Crippen molar-refractivity contribution in [2.24, 2.45) is 0 Å². The maximum Gasteiger partial charge on any atom is 0.0474 e. The van der Waals surface area contributed by atoms with Crippen molar-refractivity contribution in [3.05, 3.63) is 35.4 Å². The quantitative estimate of drug-likeness (QED) is 0.207. The van der Waals surface area contributed by atoms with Crippen LogP contribution in [0, 0.1) is 0 Å². The van der Waals surface area contributed by atoms with Crippen molar-refractivity contribution in [2.75, 3.05) is 0 Å². The molecule has 0 N–H and O–H groups in total. The van der Waals surface area contributed by atoms with Gasteiger partial charge >= 0.3 is 0 Å². The van der Waals surface area contributed by atoms with E-state index in [0.717, 1.165) is 0 Å². The third-order valence-corrected chi connectivity index (χ3v) is 5.30. The van der Waals surface area contributed by atoms with Crippen LogP contribution in [0.3, 0.4) is 0 Å². The molecule has 1 heteroatoms. The Labute approximate surface area is 156 Å². The van der Waals surface area contributed by atoms with Gasteiger partial charge in [0, 0.05) is 5.88 Å². The Morgan fingerprint density at radius 1 is 0.542 bits per heavy atom. The molecule has 0 saturated heterocycles. The Kier molecular flexibility index (Phi) is 14.4. The third kappa shape index (κ3) is 12.0. The molecular weight excluding hydrogens is 312 g/mol. The highest BCUT2D eigenvalue weighted by atomic mass is 35.5. The van der Waals surface area contributed by atoms with E-state index in [1.54, 1.807) is 0 Å². The van der Waals surface area contributed by atoms with Crippen LogP contribution in [0.2, 0.25) is 0 Å². The van der Waals surface area contributed by atoms with Crippen molar-refractivity contribution in [1.29, 1.82) is 0 Å². The van der Waals surface area contributed by atoms with E-state index in [4.69, 9.17) is 11.6 Å². The highest BCUT2D eigenvalue weighted by molar-refractivity contribution is 6.17. The molecule has 0 nitrogen and oxygen atoms in total. The standard InChI is InChI=1S/C23H39Cl/c1-2-3-4-5-6-7-8-9-10-11-12-13-14-15-16-22-17-19-23(21-24)20-18-22/h17-20H,2-16,21H2,1H3. The zero-order valence-electron chi connectivity index (χ0n) is 16.0. The number of alkyl halides is 1. The second-order valence-electron chi connectivity index (χ2n) is 7.30. The summed E-state index contributed by atoms with van der Waals surface area (Å²) in [5.41, 5.74) is 2.68. The number of halogens is 1. The predicted molar refractivity (Wildman–Crippen MR) is 110 cm³/mol. The molecule has 0 atom stereocenters. The lowest BCUT2D eigenvalue weighted by Gasteiger charge is -2.04. The Morgan fingerprint density at radius 2 is 0.917 bits per heavy atom. The van der Waals surface area contributed by atoms with Crippen molar-refractivity contribution in [2.45, 2.75) is 109 Å². The smallest absolute Gasteiger partial charge is 0.0474 e. The van der Waals surface area contributed by atoms with Gasteiger partial charge in [0.15, 0.2) is 0 Å². The molecule has 1 aromatic rings. The summed E-state index contributed by atoms with van der Waals surface area (Å²) in [5.74, 6) is 0.624. The fraction of sp³-hybridized carbons (Fsp3) is 0.739. The fourth-order valence-corrected chi connectivity index (χ4v) is 3.50. The molecule has 0 aliphatic carbocycles. The van der Waals surface area contributed by atoms with Gasteiger partial charge in [-0.05, 0) is 24.0 Å². The normalized spacial score (nSPS) is 11.1. The molecule has 0 aliphatic rings. The zero-order valence-corrected chi connectivity index (χ0v) is 16.8. The van der Waals surface area contributed by atoms with Gasteiger partial charge in [0.05, 0.1) is 0 Å². The minimum Gasteiger partial charge on any atom is -0.122 e. The van der Waals surface area contributed by atoms with Crippen molar-refractivity contribution in [3.8, 4) is 0 Å². The van der Waals surface area contributed by atoms with Crippen LogP contribution in [0.1, 0.15) is 108 Å². The van der Waals surface area contributed by atoms with E-state index in [9.17, 15) is 0 Å². The van der Waals surface area contributed by atoms with E-state index in [1.165, 1.54) is 107 Å². The van der Waals surface area contributed by atoms with Crippen molar-refractivity contribution >= 4 is 11.6 Å². The minimum absolute atomic E-state index is 0.624. The van der Waals surface area contributed by atoms with Crippen molar-refractivity contribution in [3.63, 3.8) is 0 Å². The highest BCUT2D eigenvalue weighted by Crippen LogP contribution is 2.14. The summed E-state index contributed by atoms with van der Waals surface area (Å²) in [6.07, 6.45) is 21.2. The first-order chi connectivity index (χ1) is 11.9. The molecule has 1 aromatic carbocycles. The van der Waals surface area contributed by atoms with Gasteiger partial charge in [0.2, 0.25) is 0 Å². The fourth-order valence-electron chi connectivity index (χ4n) is 3.32. The van der Waals surface area contributed by atoms with Crippen molar-refractivity contribution in [1.82, 2.24) is 0 Å². The van der Waals surface area contributed by atoms with E-state index in [-0.39, 0.29) is 0 Å². The molecule has 0 aliphatic heterocycles. The molecule has 0 heterocycles. The summed E-state index contributed by atoms with van der Waals surface area (Å²) in [5, 5.41) is 0. The van der Waals surface area contributed by atoms with Gasteiger partial charge in [-0.2, -0.15) is 0 Å². The maximum atomic E-state index is 5.82. The first kappa shape index (κ1) is 21.6. The van der Waals surface area contributed by atoms with Crippen LogP contribution >= 0.6 is 11.6 Å². The van der Waals surface area contributed by atoms with Gasteiger partial charge in [0.25, 0.3) is 0 Å². The molecule has 0 bridgehead atoms. The second-order valence-corrected chi connectivity index (χ2v) is 7.56. The number of hydrogen-bond acceptors (Lipinski definition) is 0. The van der Waals surface area contributed by atoms with Crippen LogP contribution in [0.5, 0.6) is 0 Å². The summed E-state index contributed by atoms with van der Waals surface area (Å²) in [6, 6.07) is 8.79. The molecule has 0 spiro atoms. The number of aryl methyl sites for hydroxylation is 1. The first-order valence-corrected chi connectivity index (χ1v) is 11.0. The van der Waals surface area contributed by atoms with E-state index in [0.29, 0.717) is 5.88 Å². The number of unbranched alkanes of at least 4 members (excludes halogenated alkanes) is 13. The van der Waals surface area contributed by atoms with Gasteiger partial charge in [0.1, 0.15) is 0 Å². The molecule has 0 unspecified atom stereocenters. The lowest BCUT2D eigenvalue weighted by atomic mass is 10.0. The zero-order chi connectivity index (χ0) is 17.3. The van der Waals surface area contributed by atoms with Gasteiger partial charge in [-0.1, -0.05) is 115 Å². The van der Waals surface area contributed by atoms with Gasteiger partial charge in [-0.3, -0.25) is 0 Å². The second kappa shape index (κ2) is 16.0. The largest absolute Gasteiger partial charge is 0.122 e. The van der Waals surface area contributed by atoms with Crippen LogP contribution in [-0.2, 0) is 12.3 Å². The van der Waals surface area contributed by atoms with Crippen molar-refractivity contribution < 1.29 is 0 Å². The Morgan fingerprint density at radius 3 is 1.33 bits per heavy atom. The van der Waals surface area contributed by atoms with Crippen LogP contribution in [0.4, 0.5) is 0 Å². The monoisotopic (exact) mass is 350 g/mol. The lowest BCUT2D eigenvalue weighted by molar-refractivity contribution is 0.535. The average Bonchev–Trinajstić information content (AvgIpc) is 2.62. The van der Waals surface area contributed by atoms with Crippen LogP contribution in [0.25, 0.3) is 0 Å². The van der Waals surface area contributed by atoms with E-state index >= 15 is 0 Å². The third-order valence-electron chi connectivity index (χ3n) is 5.00. The highest BCUT2D eigenvalue weighted by Gasteiger charge is 1.96. The molecule has 138 valence electrons. The van der Waals surface area contributed by atoms with Crippen LogP contribution in [-0.4, -0.2) is 0 Å². The maximum absolute atomic E-state index is 5.82. The van der Waals surface area contributed by atoms with E-state index < -0.39 is 0 Å². The van der Waals surface area contributed by atoms with E-state index in [1.807, 2.05) is 0 Å². The minimum atomic E-state index is 0.624. The van der Waals surface area contributed by atoms with Gasteiger partial charge in [-0.15, -0.1) is 11.6 Å². The summed E-state index contributed by atoms with van der Waals surface area (Å²) in [6.45, 7) is 2.29. The summed E-state index contributed by atoms with van der Waals surface area (Å²) >= 11 is 5.82. The Bertz CT molecular complexity index is 368. The molecule has 24 heavy (non-hydrogen) atoms. The Balaban J connectivity index is 1.80.